The highest BCUT2D eigenvalue weighted by atomic mass is 32.2. The summed E-state index contributed by atoms with van der Waals surface area (Å²) in [5, 5.41) is 9.45. The van der Waals surface area contributed by atoms with E-state index in [4.69, 9.17) is 0 Å². The Hall–Kier alpha value is -1.21. The molecular weight excluding hydrogens is 298 g/mol. The quantitative estimate of drug-likeness (QED) is 0.853. The van der Waals surface area contributed by atoms with Crippen molar-refractivity contribution in [1.82, 2.24) is 0 Å². The molecule has 0 unspecified atom stereocenters. The van der Waals surface area contributed by atoms with Crippen LogP contribution < -0.4 is 4.90 Å². The van der Waals surface area contributed by atoms with Crippen molar-refractivity contribution in [3.05, 3.63) is 23.8 Å². The summed E-state index contributed by atoms with van der Waals surface area (Å²) in [6.45, 7) is 2.67. The van der Waals surface area contributed by atoms with Gasteiger partial charge in [0.15, 0.2) is 9.84 Å². The number of nitrogens with zero attached hydrogens (tertiary/aromatic N) is 1. The van der Waals surface area contributed by atoms with Gasteiger partial charge in [0.1, 0.15) is 0 Å². The van der Waals surface area contributed by atoms with Crippen LogP contribution in [0, 0.1) is 0 Å². The maximum Gasteiger partial charge on any atom is 0.338 e. The summed E-state index contributed by atoms with van der Waals surface area (Å²) in [6, 6.07) is 5.37. The van der Waals surface area contributed by atoms with Crippen molar-refractivity contribution in [1.29, 1.82) is 0 Å². The van der Waals surface area contributed by atoms with Crippen molar-refractivity contribution >= 4 is 33.3 Å². The van der Waals surface area contributed by atoms with Crippen molar-refractivity contribution in [3.8, 4) is 0 Å². The standard InChI is InChI=1S/C13H17NO4S2/c1-2-19-11-5-3-4-10(12(11)13(15)16)14-6-8-20(17,18)9-7-14/h3-5H,2,6-9H2,1H3,(H,15,16). The van der Waals surface area contributed by atoms with Gasteiger partial charge in [-0.05, 0) is 17.9 Å². The molecule has 0 saturated carbocycles. The number of anilines is 1. The van der Waals surface area contributed by atoms with Crippen LogP contribution >= 0.6 is 11.8 Å². The lowest BCUT2D eigenvalue weighted by Crippen LogP contribution is -2.41. The van der Waals surface area contributed by atoms with E-state index in [-0.39, 0.29) is 17.1 Å². The number of carboxylic acid groups (broad SMARTS) is 1. The van der Waals surface area contributed by atoms with E-state index in [2.05, 4.69) is 0 Å². The highest BCUT2D eigenvalue weighted by molar-refractivity contribution is 7.99. The van der Waals surface area contributed by atoms with Gasteiger partial charge in [0.2, 0.25) is 0 Å². The van der Waals surface area contributed by atoms with E-state index in [0.29, 0.717) is 18.8 Å². The van der Waals surface area contributed by atoms with Gasteiger partial charge < -0.3 is 10.0 Å². The maximum atomic E-state index is 11.5. The van der Waals surface area contributed by atoms with Gasteiger partial charge in [-0.3, -0.25) is 0 Å². The summed E-state index contributed by atoms with van der Waals surface area (Å²) in [5.74, 6) is -0.0167. The Bertz CT molecular complexity index is 599. The van der Waals surface area contributed by atoms with Crippen LogP contribution in [0.3, 0.4) is 0 Å². The zero-order valence-electron chi connectivity index (χ0n) is 11.2. The van der Waals surface area contributed by atoms with Crippen LogP contribution in [0.4, 0.5) is 5.69 Å². The predicted molar refractivity (Wildman–Crippen MR) is 80.7 cm³/mol. The zero-order chi connectivity index (χ0) is 14.8. The first-order chi connectivity index (χ1) is 9.44. The second-order valence-corrected chi connectivity index (χ2v) is 8.14. The van der Waals surface area contributed by atoms with Crippen LogP contribution in [-0.4, -0.2) is 49.8 Å². The molecule has 1 aromatic carbocycles. The highest BCUT2D eigenvalue weighted by Gasteiger charge is 2.26. The number of benzene rings is 1. The fourth-order valence-corrected chi connectivity index (χ4v) is 4.25. The Labute approximate surface area is 122 Å². The second kappa shape index (κ2) is 6.05. The highest BCUT2D eigenvalue weighted by Crippen LogP contribution is 2.31. The molecule has 0 aliphatic carbocycles. The minimum absolute atomic E-state index is 0.0806. The molecular formula is C13H17NO4S2. The Kier molecular flexibility index (Phi) is 4.59. The normalized spacial score (nSPS) is 17.9. The third-order valence-corrected chi connectivity index (χ3v) is 5.75. The molecule has 20 heavy (non-hydrogen) atoms. The van der Waals surface area contributed by atoms with Crippen LogP contribution in [0.5, 0.6) is 0 Å². The van der Waals surface area contributed by atoms with Gasteiger partial charge in [0, 0.05) is 18.0 Å². The topological polar surface area (TPSA) is 74.7 Å². The van der Waals surface area contributed by atoms with E-state index in [1.165, 1.54) is 11.8 Å². The molecule has 2 rings (SSSR count). The molecule has 1 heterocycles. The lowest BCUT2D eigenvalue weighted by Gasteiger charge is -2.30. The van der Waals surface area contributed by atoms with Crippen molar-refractivity contribution < 1.29 is 18.3 Å². The number of thioether (sulfide) groups is 1. The van der Waals surface area contributed by atoms with E-state index in [1.807, 2.05) is 17.9 Å². The van der Waals surface area contributed by atoms with Crippen LogP contribution in [0.1, 0.15) is 17.3 Å². The molecule has 0 atom stereocenters. The lowest BCUT2D eigenvalue weighted by atomic mass is 10.1. The molecule has 1 aromatic rings. The van der Waals surface area contributed by atoms with Gasteiger partial charge >= 0.3 is 5.97 Å². The molecule has 1 aliphatic heterocycles. The first kappa shape index (κ1) is 15.2. The van der Waals surface area contributed by atoms with Crippen molar-refractivity contribution in [2.75, 3.05) is 35.2 Å². The number of sulfone groups is 1. The number of hydrogen-bond acceptors (Lipinski definition) is 5. The third kappa shape index (κ3) is 3.27. The predicted octanol–water partition coefficient (Wildman–Crippen LogP) is 1.73. The minimum atomic E-state index is -2.97. The average molecular weight is 315 g/mol. The smallest absolute Gasteiger partial charge is 0.338 e. The summed E-state index contributed by atoms with van der Waals surface area (Å²) < 4.78 is 22.9. The Morgan fingerprint density at radius 3 is 2.55 bits per heavy atom. The molecule has 0 amide bonds. The second-order valence-electron chi connectivity index (χ2n) is 4.53. The number of carbonyl (C=O) groups is 1. The van der Waals surface area contributed by atoms with E-state index in [9.17, 15) is 18.3 Å². The molecule has 0 aromatic heterocycles. The molecule has 1 saturated heterocycles. The average Bonchev–Trinajstić information content (AvgIpc) is 2.38. The fraction of sp³-hybridized carbons (Fsp3) is 0.462. The van der Waals surface area contributed by atoms with Crippen LogP contribution in [0.2, 0.25) is 0 Å². The summed E-state index contributed by atoms with van der Waals surface area (Å²) >= 11 is 1.48. The summed E-state index contributed by atoms with van der Waals surface area (Å²) in [7, 11) is -2.97. The molecule has 5 nitrogen and oxygen atoms in total. The monoisotopic (exact) mass is 315 g/mol. The number of hydrogen-bond donors (Lipinski definition) is 1. The molecule has 0 radical (unpaired) electrons. The lowest BCUT2D eigenvalue weighted by molar-refractivity contribution is 0.0694. The fourth-order valence-electron chi connectivity index (χ4n) is 2.23. The van der Waals surface area contributed by atoms with E-state index in [0.717, 1.165) is 10.6 Å². The van der Waals surface area contributed by atoms with Gasteiger partial charge in [0.25, 0.3) is 0 Å². The number of aromatic carboxylic acids is 1. The largest absolute Gasteiger partial charge is 0.478 e. The molecule has 0 bridgehead atoms. The first-order valence-electron chi connectivity index (χ1n) is 6.39. The molecule has 1 aliphatic rings. The molecule has 1 fully saturated rings. The van der Waals surface area contributed by atoms with E-state index in [1.54, 1.807) is 12.1 Å². The van der Waals surface area contributed by atoms with E-state index < -0.39 is 15.8 Å². The molecule has 110 valence electrons. The summed E-state index contributed by atoms with van der Waals surface area (Å²) in [6.07, 6.45) is 0. The van der Waals surface area contributed by atoms with Gasteiger partial charge in [-0.15, -0.1) is 11.8 Å². The Balaban J connectivity index is 2.36. The third-order valence-electron chi connectivity index (χ3n) is 3.20. The van der Waals surface area contributed by atoms with Crippen LogP contribution in [-0.2, 0) is 9.84 Å². The van der Waals surface area contributed by atoms with Gasteiger partial charge in [-0.2, -0.15) is 0 Å². The number of rotatable bonds is 4. The Morgan fingerprint density at radius 2 is 2.00 bits per heavy atom. The van der Waals surface area contributed by atoms with Gasteiger partial charge in [-0.25, -0.2) is 13.2 Å². The molecule has 1 N–H and O–H groups in total. The summed E-state index contributed by atoms with van der Waals surface area (Å²) in [4.78, 5) is 14.1. The summed E-state index contributed by atoms with van der Waals surface area (Å²) in [5.41, 5.74) is 0.893. The maximum absolute atomic E-state index is 11.5. The zero-order valence-corrected chi connectivity index (χ0v) is 12.8. The van der Waals surface area contributed by atoms with Crippen molar-refractivity contribution in [2.45, 2.75) is 11.8 Å². The molecule has 0 spiro atoms. The number of carboxylic acids is 1. The minimum Gasteiger partial charge on any atom is -0.478 e. The Morgan fingerprint density at radius 1 is 1.35 bits per heavy atom. The van der Waals surface area contributed by atoms with Crippen molar-refractivity contribution in [3.63, 3.8) is 0 Å². The first-order valence-corrected chi connectivity index (χ1v) is 9.20. The van der Waals surface area contributed by atoms with Gasteiger partial charge in [0.05, 0.1) is 22.8 Å². The van der Waals surface area contributed by atoms with Crippen LogP contribution in [0.15, 0.2) is 23.1 Å². The van der Waals surface area contributed by atoms with E-state index >= 15 is 0 Å². The molecule has 7 heteroatoms. The van der Waals surface area contributed by atoms with Crippen LogP contribution in [0.25, 0.3) is 0 Å². The van der Waals surface area contributed by atoms with Crippen molar-refractivity contribution in [2.24, 2.45) is 0 Å². The van der Waals surface area contributed by atoms with Gasteiger partial charge in [-0.1, -0.05) is 13.0 Å². The SMILES string of the molecule is CCSc1cccc(N2CCS(=O)(=O)CC2)c1C(=O)O.